The van der Waals surface area contributed by atoms with Crippen LogP contribution in [-0.2, 0) is 9.53 Å². The number of carboxylic acids is 1. The molecule has 1 rings (SSSR count). The van der Waals surface area contributed by atoms with Crippen molar-refractivity contribution < 1.29 is 14.6 Å². The van der Waals surface area contributed by atoms with Gasteiger partial charge in [-0.1, -0.05) is 34.1 Å². The van der Waals surface area contributed by atoms with Gasteiger partial charge in [-0.05, 0) is 25.3 Å². The number of carbonyl (C=O) groups is 1. The molecule has 0 aromatic carbocycles. The lowest BCUT2D eigenvalue weighted by atomic mass is 9.93. The van der Waals surface area contributed by atoms with E-state index in [0.717, 1.165) is 19.4 Å². The Bertz CT molecular complexity index is 283. The molecule has 4 nitrogen and oxygen atoms in total. The quantitative estimate of drug-likeness (QED) is 0.737. The van der Waals surface area contributed by atoms with Crippen LogP contribution >= 0.6 is 0 Å². The van der Waals surface area contributed by atoms with Crippen molar-refractivity contribution in [3.8, 4) is 0 Å². The maximum atomic E-state index is 11.3. The Labute approximate surface area is 117 Å². The van der Waals surface area contributed by atoms with E-state index in [2.05, 4.69) is 32.6 Å². The van der Waals surface area contributed by atoms with Gasteiger partial charge in [0.25, 0.3) is 0 Å². The minimum absolute atomic E-state index is 0.0384. The monoisotopic (exact) mass is 271 g/mol. The molecule has 0 amide bonds. The van der Waals surface area contributed by atoms with Crippen molar-refractivity contribution in [1.29, 1.82) is 0 Å². The first kappa shape index (κ1) is 16.4. The molecule has 0 spiro atoms. The van der Waals surface area contributed by atoms with Crippen LogP contribution in [0, 0.1) is 11.8 Å². The van der Waals surface area contributed by atoms with E-state index in [1.807, 2.05) is 0 Å². The molecule has 0 saturated carbocycles. The van der Waals surface area contributed by atoms with Crippen LogP contribution in [0.3, 0.4) is 0 Å². The lowest BCUT2D eigenvalue weighted by Gasteiger charge is -2.37. The zero-order valence-corrected chi connectivity index (χ0v) is 12.8. The second kappa shape index (κ2) is 7.85. The maximum Gasteiger partial charge on any atom is 0.310 e. The van der Waals surface area contributed by atoms with Gasteiger partial charge in [0, 0.05) is 12.1 Å². The minimum Gasteiger partial charge on any atom is -0.481 e. The minimum atomic E-state index is -0.723. The largest absolute Gasteiger partial charge is 0.481 e. The zero-order valence-electron chi connectivity index (χ0n) is 12.8. The molecule has 1 aliphatic heterocycles. The molecule has 1 heterocycles. The number of rotatable bonds is 8. The SMILES string of the molecule is CCC(C)CC(CC)N(CC)C1COCC1C(=O)O. The number of ether oxygens (including phenoxy) is 1. The molecule has 4 atom stereocenters. The fourth-order valence-corrected chi connectivity index (χ4v) is 3.04. The summed E-state index contributed by atoms with van der Waals surface area (Å²) in [6.07, 6.45) is 3.39. The fourth-order valence-electron chi connectivity index (χ4n) is 3.04. The average molecular weight is 271 g/mol. The van der Waals surface area contributed by atoms with Gasteiger partial charge in [-0.15, -0.1) is 0 Å². The van der Waals surface area contributed by atoms with Gasteiger partial charge in [0.2, 0.25) is 0 Å². The highest BCUT2D eigenvalue weighted by atomic mass is 16.5. The molecule has 1 aliphatic rings. The van der Waals surface area contributed by atoms with E-state index < -0.39 is 5.97 Å². The Morgan fingerprint density at radius 1 is 1.32 bits per heavy atom. The van der Waals surface area contributed by atoms with Crippen LogP contribution in [0.1, 0.15) is 47.0 Å². The van der Waals surface area contributed by atoms with E-state index in [9.17, 15) is 9.90 Å². The van der Waals surface area contributed by atoms with E-state index in [4.69, 9.17) is 4.74 Å². The van der Waals surface area contributed by atoms with Crippen molar-refractivity contribution >= 4 is 5.97 Å². The summed E-state index contributed by atoms with van der Waals surface area (Å²) >= 11 is 0. The van der Waals surface area contributed by atoms with E-state index in [0.29, 0.717) is 25.2 Å². The van der Waals surface area contributed by atoms with Crippen molar-refractivity contribution in [3.63, 3.8) is 0 Å². The highest BCUT2D eigenvalue weighted by Gasteiger charge is 2.39. The molecule has 0 aromatic heterocycles. The first-order chi connectivity index (χ1) is 9.04. The van der Waals surface area contributed by atoms with Gasteiger partial charge in [0.05, 0.1) is 19.1 Å². The normalized spacial score (nSPS) is 26.6. The summed E-state index contributed by atoms with van der Waals surface area (Å²) in [5.41, 5.74) is 0. The molecule has 1 fully saturated rings. The van der Waals surface area contributed by atoms with E-state index >= 15 is 0 Å². The third-order valence-electron chi connectivity index (χ3n) is 4.47. The first-order valence-electron chi connectivity index (χ1n) is 7.61. The summed E-state index contributed by atoms with van der Waals surface area (Å²) in [5.74, 6) is -0.408. The van der Waals surface area contributed by atoms with Gasteiger partial charge in [-0.2, -0.15) is 0 Å². The number of likely N-dealkylation sites (N-methyl/N-ethyl adjacent to an activating group) is 1. The predicted molar refractivity (Wildman–Crippen MR) is 76.3 cm³/mol. The van der Waals surface area contributed by atoms with E-state index in [1.54, 1.807) is 0 Å². The molecule has 0 aliphatic carbocycles. The molecule has 4 unspecified atom stereocenters. The molecule has 0 radical (unpaired) electrons. The third kappa shape index (κ3) is 4.18. The number of aliphatic carboxylic acids is 1. The van der Waals surface area contributed by atoms with Gasteiger partial charge in [0.1, 0.15) is 0 Å². The first-order valence-corrected chi connectivity index (χ1v) is 7.61. The highest BCUT2D eigenvalue weighted by Crippen LogP contribution is 2.26. The van der Waals surface area contributed by atoms with E-state index in [1.165, 1.54) is 6.42 Å². The Kier molecular flexibility index (Phi) is 6.80. The second-order valence-corrected chi connectivity index (χ2v) is 5.69. The molecular formula is C15H29NO3. The predicted octanol–water partition coefficient (Wildman–Crippen LogP) is 2.62. The van der Waals surface area contributed by atoms with Crippen molar-refractivity contribution in [2.45, 2.75) is 59.0 Å². The molecular weight excluding hydrogens is 242 g/mol. The fraction of sp³-hybridized carbons (Fsp3) is 0.933. The summed E-state index contributed by atoms with van der Waals surface area (Å²) < 4.78 is 5.42. The van der Waals surface area contributed by atoms with Gasteiger partial charge >= 0.3 is 5.97 Å². The standard InChI is InChI=1S/C15H29NO3/c1-5-11(4)8-12(6-2)16(7-3)14-10-19-9-13(14)15(17)18/h11-14H,5-10H2,1-4H3,(H,17,18). The lowest BCUT2D eigenvalue weighted by Crippen LogP contribution is -2.48. The van der Waals surface area contributed by atoms with Crippen LogP contribution in [0.5, 0.6) is 0 Å². The highest BCUT2D eigenvalue weighted by molar-refractivity contribution is 5.71. The number of nitrogens with zero attached hydrogens (tertiary/aromatic N) is 1. The van der Waals surface area contributed by atoms with Crippen LogP contribution in [0.15, 0.2) is 0 Å². The summed E-state index contributed by atoms with van der Waals surface area (Å²) in [5, 5.41) is 9.30. The number of hydrogen-bond donors (Lipinski definition) is 1. The molecule has 0 aromatic rings. The van der Waals surface area contributed by atoms with Gasteiger partial charge in [0.15, 0.2) is 0 Å². The third-order valence-corrected chi connectivity index (χ3v) is 4.47. The number of carboxylic acid groups (broad SMARTS) is 1. The van der Waals surface area contributed by atoms with Crippen LogP contribution in [-0.4, -0.2) is 47.8 Å². The van der Waals surface area contributed by atoms with E-state index in [-0.39, 0.29) is 12.0 Å². The molecule has 19 heavy (non-hydrogen) atoms. The Morgan fingerprint density at radius 2 is 2.00 bits per heavy atom. The smallest absolute Gasteiger partial charge is 0.310 e. The summed E-state index contributed by atoms with van der Waals surface area (Å²) in [4.78, 5) is 13.7. The van der Waals surface area contributed by atoms with Gasteiger partial charge in [-0.3, -0.25) is 9.69 Å². The van der Waals surface area contributed by atoms with Crippen molar-refractivity contribution in [3.05, 3.63) is 0 Å². The van der Waals surface area contributed by atoms with Crippen LogP contribution in [0.4, 0.5) is 0 Å². The molecule has 4 heteroatoms. The topological polar surface area (TPSA) is 49.8 Å². The Balaban J connectivity index is 2.76. The molecule has 1 N–H and O–H groups in total. The summed E-state index contributed by atoms with van der Waals surface area (Å²) in [6.45, 7) is 10.6. The zero-order chi connectivity index (χ0) is 14.4. The van der Waals surface area contributed by atoms with Crippen LogP contribution in [0.25, 0.3) is 0 Å². The van der Waals surface area contributed by atoms with Crippen molar-refractivity contribution in [2.75, 3.05) is 19.8 Å². The van der Waals surface area contributed by atoms with Crippen LogP contribution < -0.4 is 0 Å². The average Bonchev–Trinajstić information content (AvgIpc) is 2.87. The second-order valence-electron chi connectivity index (χ2n) is 5.69. The molecule has 0 bridgehead atoms. The summed E-state index contributed by atoms with van der Waals surface area (Å²) in [7, 11) is 0. The molecule has 112 valence electrons. The Morgan fingerprint density at radius 3 is 2.47 bits per heavy atom. The lowest BCUT2D eigenvalue weighted by molar-refractivity contribution is -0.143. The number of hydrogen-bond acceptors (Lipinski definition) is 3. The van der Waals surface area contributed by atoms with Crippen LogP contribution in [0.2, 0.25) is 0 Å². The molecule has 1 saturated heterocycles. The van der Waals surface area contributed by atoms with Gasteiger partial charge in [-0.25, -0.2) is 0 Å². The maximum absolute atomic E-state index is 11.3. The van der Waals surface area contributed by atoms with Crippen molar-refractivity contribution in [2.24, 2.45) is 11.8 Å². The van der Waals surface area contributed by atoms with Crippen molar-refractivity contribution in [1.82, 2.24) is 4.90 Å². The van der Waals surface area contributed by atoms with Gasteiger partial charge < -0.3 is 9.84 Å². The summed E-state index contributed by atoms with van der Waals surface area (Å²) in [6, 6.07) is 0.505. The Hall–Kier alpha value is -0.610.